The number of sulfone groups is 1. The number of carbonyl (C=O) groups is 1. The quantitative estimate of drug-likeness (QED) is 0.542. The van der Waals surface area contributed by atoms with E-state index in [9.17, 15) is 13.2 Å². The third-order valence-corrected chi connectivity index (χ3v) is 6.02. The predicted octanol–water partition coefficient (Wildman–Crippen LogP) is 3.71. The summed E-state index contributed by atoms with van der Waals surface area (Å²) in [5, 5.41) is 0. The Bertz CT molecular complexity index is 883. The molecule has 0 aromatic heterocycles. The van der Waals surface area contributed by atoms with Crippen molar-refractivity contribution < 1.29 is 17.9 Å². The van der Waals surface area contributed by atoms with Crippen molar-refractivity contribution in [2.45, 2.75) is 24.2 Å². The summed E-state index contributed by atoms with van der Waals surface area (Å²) in [5.74, 6) is 0.602. The molecule has 1 amide bonds. The predicted molar refractivity (Wildman–Crippen MR) is 110 cm³/mol. The van der Waals surface area contributed by atoms with Gasteiger partial charge >= 0.3 is 0 Å². The molecule has 27 heavy (non-hydrogen) atoms. The zero-order valence-electron chi connectivity index (χ0n) is 15.5. The van der Waals surface area contributed by atoms with Crippen LogP contribution in [-0.4, -0.2) is 45.7 Å². The van der Waals surface area contributed by atoms with Crippen molar-refractivity contribution in [2.75, 3.05) is 26.5 Å². The van der Waals surface area contributed by atoms with Gasteiger partial charge in [0.25, 0.3) is 0 Å². The molecule has 0 unspecified atom stereocenters. The molecule has 0 atom stereocenters. The van der Waals surface area contributed by atoms with Crippen LogP contribution in [0.15, 0.2) is 57.9 Å². The Kier molecular flexibility index (Phi) is 7.86. The van der Waals surface area contributed by atoms with E-state index >= 15 is 0 Å². The highest BCUT2D eigenvalue weighted by Crippen LogP contribution is 2.18. The Hall–Kier alpha value is -1.86. The molecule has 0 saturated heterocycles. The Balaban J connectivity index is 1.73. The zero-order chi connectivity index (χ0) is 19.9. The number of rotatable bonds is 9. The second-order valence-electron chi connectivity index (χ2n) is 6.36. The van der Waals surface area contributed by atoms with Gasteiger partial charge in [0, 0.05) is 30.7 Å². The first kappa shape index (κ1) is 21.4. The number of nitrogens with zero attached hydrogens (tertiary/aromatic N) is 1. The van der Waals surface area contributed by atoms with Crippen LogP contribution in [0.4, 0.5) is 0 Å². The van der Waals surface area contributed by atoms with E-state index < -0.39 is 9.84 Å². The lowest BCUT2D eigenvalue weighted by Gasteiger charge is -2.17. The topological polar surface area (TPSA) is 63.7 Å². The molecule has 0 radical (unpaired) electrons. The minimum absolute atomic E-state index is 0.0878. The SMILES string of the molecule is CN(CCCOc1cccc(S(C)(=O)=O)c1)C(=O)CCc1ccccc1Br. The van der Waals surface area contributed by atoms with Crippen LogP contribution in [0.1, 0.15) is 18.4 Å². The van der Waals surface area contributed by atoms with Crippen molar-refractivity contribution in [1.82, 2.24) is 4.90 Å². The summed E-state index contributed by atoms with van der Waals surface area (Å²) in [6.45, 7) is 0.996. The lowest BCUT2D eigenvalue weighted by molar-refractivity contribution is -0.129. The van der Waals surface area contributed by atoms with E-state index in [1.807, 2.05) is 24.3 Å². The van der Waals surface area contributed by atoms with Crippen LogP contribution in [0, 0.1) is 0 Å². The highest BCUT2D eigenvalue weighted by molar-refractivity contribution is 9.10. The summed E-state index contributed by atoms with van der Waals surface area (Å²) in [4.78, 5) is 14.2. The molecule has 146 valence electrons. The molecule has 2 aromatic carbocycles. The van der Waals surface area contributed by atoms with Gasteiger partial charge in [-0.2, -0.15) is 0 Å². The van der Waals surface area contributed by atoms with Crippen LogP contribution in [-0.2, 0) is 21.1 Å². The van der Waals surface area contributed by atoms with E-state index in [4.69, 9.17) is 4.74 Å². The molecule has 2 rings (SSSR count). The summed E-state index contributed by atoms with van der Waals surface area (Å²) < 4.78 is 29.8. The molecule has 0 fully saturated rings. The van der Waals surface area contributed by atoms with Gasteiger partial charge in [-0.25, -0.2) is 8.42 Å². The second kappa shape index (κ2) is 9.90. The summed E-state index contributed by atoms with van der Waals surface area (Å²) in [5.41, 5.74) is 1.12. The Morgan fingerprint density at radius 3 is 2.59 bits per heavy atom. The zero-order valence-corrected chi connectivity index (χ0v) is 17.9. The largest absolute Gasteiger partial charge is 0.493 e. The van der Waals surface area contributed by atoms with Gasteiger partial charge in [-0.05, 0) is 42.7 Å². The van der Waals surface area contributed by atoms with Crippen LogP contribution >= 0.6 is 15.9 Å². The summed E-state index contributed by atoms with van der Waals surface area (Å²) >= 11 is 3.50. The van der Waals surface area contributed by atoms with Crippen molar-refractivity contribution in [3.63, 3.8) is 0 Å². The first-order valence-electron chi connectivity index (χ1n) is 8.67. The third kappa shape index (κ3) is 6.99. The minimum atomic E-state index is -3.25. The molecule has 2 aromatic rings. The number of benzene rings is 2. The first-order chi connectivity index (χ1) is 12.8. The fourth-order valence-electron chi connectivity index (χ4n) is 2.54. The second-order valence-corrected chi connectivity index (χ2v) is 9.23. The standard InChI is InChI=1S/C20H24BrNO4S/c1-22(20(23)12-11-16-7-3-4-10-19(16)21)13-6-14-26-17-8-5-9-18(15-17)27(2,24)25/h3-5,7-10,15H,6,11-14H2,1-2H3. The highest BCUT2D eigenvalue weighted by atomic mass is 79.9. The molecular formula is C20H24BrNO4S. The maximum Gasteiger partial charge on any atom is 0.222 e. The number of hydrogen-bond donors (Lipinski definition) is 0. The van der Waals surface area contributed by atoms with Gasteiger partial charge in [-0.3, -0.25) is 4.79 Å². The maximum absolute atomic E-state index is 12.2. The van der Waals surface area contributed by atoms with E-state index in [0.717, 1.165) is 10.0 Å². The molecular weight excluding hydrogens is 430 g/mol. The lowest BCUT2D eigenvalue weighted by atomic mass is 10.1. The monoisotopic (exact) mass is 453 g/mol. The fraction of sp³-hybridized carbons (Fsp3) is 0.350. The minimum Gasteiger partial charge on any atom is -0.493 e. The number of carbonyl (C=O) groups excluding carboxylic acids is 1. The van der Waals surface area contributed by atoms with Gasteiger partial charge in [0.1, 0.15) is 5.75 Å². The number of ether oxygens (including phenoxy) is 1. The fourth-order valence-corrected chi connectivity index (χ4v) is 3.68. The molecule has 7 heteroatoms. The first-order valence-corrected chi connectivity index (χ1v) is 11.4. The van der Waals surface area contributed by atoms with E-state index in [1.54, 1.807) is 30.1 Å². The lowest BCUT2D eigenvalue weighted by Crippen LogP contribution is -2.28. The van der Waals surface area contributed by atoms with Gasteiger partial charge in [0.15, 0.2) is 9.84 Å². The van der Waals surface area contributed by atoms with Gasteiger partial charge < -0.3 is 9.64 Å². The van der Waals surface area contributed by atoms with Gasteiger partial charge in [-0.1, -0.05) is 40.2 Å². The van der Waals surface area contributed by atoms with Crippen LogP contribution in [0.2, 0.25) is 0 Å². The van der Waals surface area contributed by atoms with Crippen molar-refractivity contribution in [3.05, 3.63) is 58.6 Å². The van der Waals surface area contributed by atoms with Gasteiger partial charge in [0.2, 0.25) is 5.91 Å². The van der Waals surface area contributed by atoms with E-state index in [1.165, 1.54) is 12.3 Å². The van der Waals surface area contributed by atoms with Gasteiger partial charge in [0.05, 0.1) is 11.5 Å². The molecule has 0 spiro atoms. The van der Waals surface area contributed by atoms with E-state index in [2.05, 4.69) is 15.9 Å². The van der Waals surface area contributed by atoms with Crippen LogP contribution in [0.3, 0.4) is 0 Å². The summed E-state index contributed by atoms with van der Waals surface area (Å²) in [6, 6.07) is 14.3. The third-order valence-electron chi connectivity index (χ3n) is 4.13. The van der Waals surface area contributed by atoms with E-state index in [-0.39, 0.29) is 10.8 Å². The van der Waals surface area contributed by atoms with E-state index in [0.29, 0.717) is 38.2 Å². The van der Waals surface area contributed by atoms with Crippen LogP contribution in [0.5, 0.6) is 5.75 Å². The summed E-state index contributed by atoms with van der Waals surface area (Å²) in [7, 11) is -1.46. The number of hydrogen-bond acceptors (Lipinski definition) is 4. The summed E-state index contributed by atoms with van der Waals surface area (Å²) in [6.07, 6.45) is 2.98. The Morgan fingerprint density at radius 2 is 1.89 bits per heavy atom. The molecule has 0 aliphatic rings. The molecule has 5 nitrogen and oxygen atoms in total. The number of halogens is 1. The van der Waals surface area contributed by atoms with Crippen LogP contribution in [0.25, 0.3) is 0 Å². The van der Waals surface area contributed by atoms with Crippen molar-refractivity contribution in [2.24, 2.45) is 0 Å². The average molecular weight is 454 g/mol. The van der Waals surface area contributed by atoms with Crippen LogP contribution < -0.4 is 4.74 Å². The van der Waals surface area contributed by atoms with Crippen molar-refractivity contribution in [3.8, 4) is 5.75 Å². The maximum atomic E-state index is 12.2. The van der Waals surface area contributed by atoms with Gasteiger partial charge in [-0.15, -0.1) is 0 Å². The van der Waals surface area contributed by atoms with Crippen molar-refractivity contribution >= 4 is 31.7 Å². The highest BCUT2D eigenvalue weighted by Gasteiger charge is 2.10. The molecule has 0 aliphatic heterocycles. The number of amides is 1. The van der Waals surface area contributed by atoms with Crippen molar-refractivity contribution in [1.29, 1.82) is 0 Å². The Labute approximate surface area is 169 Å². The molecule has 0 saturated carbocycles. The average Bonchev–Trinajstić information content (AvgIpc) is 2.63. The smallest absolute Gasteiger partial charge is 0.222 e. The number of aryl methyl sites for hydroxylation is 1. The molecule has 0 bridgehead atoms. The molecule has 0 heterocycles. The Morgan fingerprint density at radius 1 is 1.15 bits per heavy atom. The molecule has 0 aliphatic carbocycles. The molecule has 0 N–H and O–H groups in total. The normalized spacial score (nSPS) is 11.2.